The number of benzene rings is 2. The maximum Gasteiger partial charge on any atom is 0.258 e. The molecular weight excluding hydrogens is 392 g/mol. The van der Waals surface area contributed by atoms with Crippen molar-refractivity contribution in [3.05, 3.63) is 59.7 Å². The molecule has 6 heteroatoms. The molecule has 1 N–H and O–H groups in total. The molecule has 31 heavy (non-hydrogen) atoms. The van der Waals surface area contributed by atoms with Crippen molar-refractivity contribution in [3.8, 4) is 11.5 Å². The summed E-state index contributed by atoms with van der Waals surface area (Å²) in [5.74, 6) is 1.57. The third-order valence-electron chi connectivity index (χ3n) is 5.51. The van der Waals surface area contributed by atoms with Crippen molar-refractivity contribution in [2.75, 3.05) is 26.3 Å². The fourth-order valence-corrected chi connectivity index (χ4v) is 3.78. The normalized spacial score (nSPS) is 14.2. The predicted octanol–water partition coefficient (Wildman–Crippen LogP) is 3.38. The van der Waals surface area contributed by atoms with Gasteiger partial charge in [-0.05, 0) is 55.5 Å². The molecule has 0 saturated carbocycles. The second kappa shape index (κ2) is 11.4. The minimum absolute atomic E-state index is 0.00784. The van der Waals surface area contributed by atoms with Gasteiger partial charge in [-0.2, -0.15) is 0 Å². The Labute approximate surface area is 184 Å². The van der Waals surface area contributed by atoms with E-state index in [0.717, 1.165) is 41.9 Å². The quantitative estimate of drug-likeness (QED) is 0.670. The Bertz CT molecular complexity index is 858. The maximum atomic E-state index is 12.6. The number of aryl methyl sites for hydroxylation is 1. The molecule has 3 rings (SSSR count). The molecule has 1 heterocycles. The first kappa shape index (κ1) is 22.7. The summed E-state index contributed by atoms with van der Waals surface area (Å²) in [4.78, 5) is 26.8. The molecule has 0 radical (unpaired) electrons. The fraction of sp³-hybridized carbons (Fsp3) is 0.440. The number of ether oxygens (including phenoxy) is 2. The van der Waals surface area contributed by atoms with Gasteiger partial charge in [-0.1, -0.05) is 37.3 Å². The van der Waals surface area contributed by atoms with Gasteiger partial charge >= 0.3 is 0 Å². The molecule has 1 aliphatic heterocycles. The number of hydrogen-bond acceptors (Lipinski definition) is 4. The molecule has 1 aliphatic rings. The van der Waals surface area contributed by atoms with Crippen LogP contribution in [0.4, 0.5) is 0 Å². The van der Waals surface area contributed by atoms with Crippen LogP contribution in [0.5, 0.6) is 11.5 Å². The zero-order chi connectivity index (χ0) is 22.1. The van der Waals surface area contributed by atoms with Crippen LogP contribution in [-0.4, -0.2) is 49.1 Å². The zero-order valence-electron chi connectivity index (χ0n) is 18.4. The predicted molar refractivity (Wildman–Crippen MR) is 120 cm³/mol. The number of nitrogens with one attached hydrogen (secondary N) is 1. The molecule has 0 bridgehead atoms. The Balaban J connectivity index is 1.39. The van der Waals surface area contributed by atoms with Gasteiger partial charge in [-0.25, -0.2) is 0 Å². The lowest BCUT2D eigenvalue weighted by atomic mass is 10.0. The summed E-state index contributed by atoms with van der Waals surface area (Å²) in [6, 6.07) is 15.5. The first-order valence-electron chi connectivity index (χ1n) is 11.1. The monoisotopic (exact) mass is 424 g/mol. The van der Waals surface area contributed by atoms with Crippen molar-refractivity contribution in [1.29, 1.82) is 0 Å². The van der Waals surface area contributed by atoms with E-state index in [9.17, 15) is 9.59 Å². The summed E-state index contributed by atoms with van der Waals surface area (Å²) in [5.41, 5.74) is 2.07. The highest BCUT2D eigenvalue weighted by molar-refractivity contribution is 5.79. The van der Waals surface area contributed by atoms with Crippen LogP contribution >= 0.6 is 0 Å². The SMILES string of the molecule is CCOc1ccc(CC(=O)N2CCC(NC(=O)COc3ccccc3CC)CC2)cc1. The first-order valence-corrected chi connectivity index (χ1v) is 11.1. The highest BCUT2D eigenvalue weighted by atomic mass is 16.5. The number of rotatable bonds is 9. The lowest BCUT2D eigenvalue weighted by Crippen LogP contribution is -2.47. The van der Waals surface area contributed by atoms with Crippen molar-refractivity contribution < 1.29 is 19.1 Å². The van der Waals surface area contributed by atoms with Crippen LogP contribution in [0.2, 0.25) is 0 Å². The summed E-state index contributed by atoms with van der Waals surface area (Å²) in [6.07, 6.45) is 2.76. The molecule has 1 saturated heterocycles. The maximum absolute atomic E-state index is 12.6. The molecule has 2 aromatic carbocycles. The molecule has 0 spiro atoms. The standard InChI is InChI=1S/C25H32N2O4/c1-3-20-7-5-6-8-23(20)31-18-24(28)26-21-13-15-27(16-14-21)25(29)17-19-9-11-22(12-10-19)30-4-2/h5-12,21H,3-4,13-18H2,1-2H3,(H,26,28). The van der Waals surface area contributed by atoms with E-state index in [1.54, 1.807) is 0 Å². The van der Waals surface area contributed by atoms with Gasteiger partial charge in [0.1, 0.15) is 11.5 Å². The van der Waals surface area contributed by atoms with Crippen LogP contribution in [-0.2, 0) is 22.4 Å². The van der Waals surface area contributed by atoms with E-state index < -0.39 is 0 Å². The molecule has 1 fully saturated rings. The van der Waals surface area contributed by atoms with E-state index in [0.29, 0.717) is 26.1 Å². The van der Waals surface area contributed by atoms with Crippen molar-refractivity contribution >= 4 is 11.8 Å². The van der Waals surface area contributed by atoms with Gasteiger partial charge in [0.05, 0.1) is 13.0 Å². The number of hydrogen-bond donors (Lipinski definition) is 1. The number of para-hydroxylation sites is 1. The van der Waals surface area contributed by atoms with Crippen LogP contribution in [0.3, 0.4) is 0 Å². The summed E-state index contributed by atoms with van der Waals surface area (Å²) in [6.45, 7) is 5.95. The van der Waals surface area contributed by atoms with Gasteiger partial charge < -0.3 is 19.7 Å². The van der Waals surface area contributed by atoms with Gasteiger partial charge in [-0.15, -0.1) is 0 Å². The third kappa shape index (κ3) is 6.74. The minimum Gasteiger partial charge on any atom is -0.494 e. The lowest BCUT2D eigenvalue weighted by molar-refractivity contribution is -0.131. The number of amides is 2. The topological polar surface area (TPSA) is 67.9 Å². The molecule has 0 unspecified atom stereocenters. The van der Waals surface area contributed by atoms with E-state index >= 15 is 0 Å². The van der Waals surface area contributed by atoms with Gasteiger partial charge in [0, 0.05) is 19.1 Å². The zero-order valence-corrected chi connectivity index (χ0v) is 18.4. The first-order chi connectivity index (χ1) is 15.1. The molecule has 6 nitrogen and oxygen atoms in total. The molecular formula is C25H32N2O4. The van der Waals surface area contributed by atoms with Gasteiger partial charge in [0.2, 0.25) is 5.91 Å². The third-order valence-corrected chi connectivity index (χ3v) is 5.51. The Morgan fingerprint density at radius 2 is 1.71 bits per heavy atom. The van der Waals surface area contributed by atoms with E-state index in [1.165, 1.54) is 0 Å². The van der Waals surface area contributed by atoms with Crippen LogP contribution in [0.15, 0.2) is 48.5 Å². The summed E-state index contributed by atoms with van der Waals surface area (Å²) in [5, 5.41) is 3.04. The van der Waals surface area contributed by atoms with Crippen molar-refractivity contribution in [2.24, 2.45) is 0 Å². The van der Waals surface area contributed by atoms with Crippen LogP contribution in [0.25, 0.3) is 0 Å². The minimum atomic E-state index is -0.120. The second-order valence-electron chi connectivity index (χ2n) is 7.73. The number of carbonyl (C=O) groups excluding carboxylic acids is 2. The molecule has 166 valence electrons. The Kier molecular flexibility index (Phi) is 8.33. The van der Waals surface area contributed by atoms with E-state index in [2.05, 4.69) is 12.2 Å². The van der Waals surface area contributed by atoms with Crippen LogP contribution in [0.1, 0.15) is 37.8 Å². The van der Waals surface area contributed by atoms with Crippen molar-refractivity contribution in [1.82, 2.24) is 10.2 Å². The largest absolute Gasteiger partial charge is 0.494 e. The average molecular weight is 425 g/mol. The van der Waals surface area contributed by atoms with Gasteiger partial charge in [0.15, 0.2) is 6.61 Å². The highest BCUT2D eigenvalue weighted by Crippen LogP contribution is 2.18. The Morgan fingerprint density at radius 1 is 1.00 bits per heavy atom. The molecule has 2 amide bonds. The lowest BCUT2D eigenvalue weighted by Gasteiger charge is -2.32. The van der Waals surface area contributed by atoms with Crippen molar-refractivity contribution in [3.63, 3.8) is 0 Å². The highest BCUT2D eigenvalue weighted by Gasteiger charge is 2.24. The van der Waals surface area contributed by atoms with E-state index in [-0.39, 0.29) is 24.5 Å². The molecule has 0 aromatic heterocycles. The van der Waals surface area contributed by atoms with Gasteiger partial charge in [-0.3, -0.25) is 9.59 Å². The van der Waals surface area contributed by atoms with Crippen LogP contribution < -0.4 is 14.8 Å². The molecule has 2 aromatic rings. The summed E-state index contributed by atoms with van der Waals surface area (Å²) < 4.78 is 11.1. The molecule has 0 atom stereocenters. The van der Waals surface area contributed by atoms with Crippen LogP contribution in [0, 0.1) is 0 Å². The van der Waals surface area contributed by atoms with E-state index in [1.807, 2.05) is 60.4 Å². The smallest absolute Gasteiger partial charge is 0.258 e. The summed E-state index contributed by atoms with van der Waals surface area (Å²) >= 11 is 0. The fourth-order valence-electron chi connectivity index (χ4n) is 3.78. The van der Waals surface area contributed by atoms with Gasteiger partial charge in [0.25, 0.3) is 5.91 Å². The summed E-state index contributed by atoms with van der Waals surface area (Å²) in [7, 11) is 0. The number of nitrogens with zero attached hydrogens (tertiary/aromatic N) is 1. The van der Waals surface area contributed by atoms with E-state index in [4.69, 9.17) is 9.47 Å². The van der Waals surface area contributed by atoms with Crippen molar-refractivity contribution in [2.45, 2.75) is 45.6 Å². The molecule has 0 aliphatic carbocycles. The Hall–Kier alpha value is -3.02. The average Bonchev–Trinajstić information content (AvgIpc) is 2.80. The number of likely N-dealkylation sites (tertiary alicyclic amines) is 1. The number of carbonyl (C=O) groups is 2. The second-order valence-corrected chi connectivity index (χ2v) is 7.73. The Morgan fingerprint density at radius 3 is 2.39 bits per heavy atom. The number of piperidine rings is 1.